The van der Waals surface area contributed by atoms with E-state index in [9.17, 15) is 14.4 Å². The fourth-order valence-corrected chi connectivity index (χ4v) is 5.16. The van der Waals surface area contributed by atoms with E-state index >= 15 is 0 Å². The molecule has 0 saturated carbocycles. The van der Waals surface area contributed by atoms with Crippen molar-refractivity contribution >= 4 is 38.4 Å². The molecule has 1 aliphatic rings. The Morgan fingerprint density at radius 2 is 1.88 bits per heavy atom. The van der Waals surface area contributed by atoms with Gasteiger partial charge in [-0.1, -0.05) is 18.3 Å². The van der Waals surface area contributed by atoms with Gasteiger partial charge < -0.3 is 19.7 Å². The smallest absolute Gasteiger partial charge is 0.333 e. The molecule has 1 fully saturated rings. The number of carbonyl (C=O) groups excluding carboxylic acids is 1. The molecule has 0 spiro atoms. The van der Waals surface area contributed by atoms with Crippen LogP contribution in [-0.4, -0.2) is 47.3 Å². The molecule has 0 unspecified atom stereocenters. The van der Waals surface area contributed by atoms with Crippen molar-refractivity contribution in [2.45, 2.75) is 45.7 Å². The van der Waals surface area contributed by atoms with E-state index in [2.05, 4.69) is 15.2 Å². The molecule has 3 aromatic rings. The van der Waals surface area contributed by atoms with Crippen molar-refractivity contribution in [2.24, 2.45) is 0 Å². The van der Waals surface area contributed by atoms with Gasteiger partial charge in [0.2, 0.25) is 5.91 Å². The predicted molar refractivity (Wildman–Crippen MR) is 133 cm³/mol. The van der Waals surface area contributed by atoms with Crippen molar-refractivity contribution in [1.29, 1.82) is 0 Å². The topological polar surface area (TPSA) is 108 Å². The van der Waals surface area contributed by atoms with Crippen LogP contribution in [-0.2, 0) is 17.9 Å². The first-order valence-corrected chi connectivity index (χ1v) is 12.2. The lowest BCUT2D eigenvalue weighted by Crippen LogP contribution is -2.41. The third-order valence-electron chi connectivity index (χ3n) is 5.81. The molecule has 2 aromatic heterocycles. The molecule has 4 rings (SSSR count). The molecular weight excluding hydrogens is 458 g/mol. The molecule has 0 radical (unpaired) electrons. The van der Waals surface area contributed by atoms with Crippen LogP contribution in [0.2, 0.25) is 0 Å². The number of rotatable bonds is 8. The normalized spacial score (nSPS) is 13.8. The SMILES string of the molecule is CCCn1c(=O)c2sc(N3CCCCC3)nc2n(CC(=O)Nc2ccc(OC)cc2OC)c1=O. The van der Waals surface area contributed by atoms with Crippen molar-refractivity contribution in [3.8, 4) is 11.5 Å². The Labute approximate surface area is 200 Å². The second kappa shape index (κ2) is 10.3. The third kappa shape index (κ3) is 4.65. The van der Waals surface area contributed by atoms with E-state index in [1.165, 1.54) is 34.0 Å². The van der Waals surface area contributed by atoms with Crippen LogP contribution in [0, 0.1) is 0 Å². The highest BCUT2D eigenvalue weighted by atomic mass is 32.1. The Morgan fingerprint density at radius 3 is 2.56 bits per heavy atom. The minimum Gasteiger partial charge on any atom is -0.497 e. The molecule has 1 aromatic carbocycles. The summed E-state index contributed by atoms with van der Waals surface area (Å²) in [5.41, 5.74) is -0.181. The largest absolute Gasteiger partial charge is 0.497 e. The highest BCUT2D eigenvalue weighted by molar-refractivity contribution is 7.22. The number of nitrogens with one attached hydrogen (secondary N) is 1. The number of thiazole rings is 1. The van der Waals surface area contributed by atoms with Crippen LogP contribution in [0.15, 0.2) is 27.8 Å². The first-order chi connectivity index (χ1) is 16.5. The first kappa shape index (κ1) is 23.8. The molecule has 1 aliphatic heterocycles. The Balaban J connectivity index is 1.72. The van der Waals surface area contributed by atoms with Gasteiger partial charge in [0.25, 0.3) is 5.56 Å². The van der Waals surface area contributed by atoms with E-state index in [0.29, 0.717) is 33.4 Å². The monoisotopic (exact) mass is 487 g/mol. The summed E-state index contributed by atoms with van der Waals surface area (Å²) in [6.07, 6.45) is 3.92. The van der Waals surface area contributed by atoms with Gasteiger partial charge in [-0.25, -0.2) is 9.78 Å². The van der Waals surface area contributed by atoms with E-state index in [0.717, 1.165) is 25.9 Å². The van der Waals surface area contributed by atoms with E-state index in [1.54, 1.807) is 25.3 Å². The summed E-state index contributed by atoms with van der Waals surface area (Å²) < 4.78 is 13.4. The summed E-state index contributed by atoms with van der Waals surface area (Å²) in [7, 11) is 3.04. The molecule has 0 bridgehead atoms. The van der Waals surface area contributed by atoms with Gasteiger partial charge >= 0.3 is 5.69 Å². The number of hydrogen-bond donors (Lipinski definition) is 1. The quantitative estimate of drug-likeness (QED) is 0.520. The second-order valence-electron chi connectivity index (χ2n) is 8.14. The van der Waals surface area contributed by atoms with Gasteiger partial charge in [0.05, 0.1) is 19.9 Å². The van der Waals surface area contributed by atoms with Crippen molar-refractivity contribution < 1.29 is 14.3 Å². The Bertz CT molecular complexity index is 1310. The number of nitrogens with zero attached hydrogens (tertiary/aromatic N) is 4. The van der Waals surface area contributed by atoms with E-state index in [4.69, 9.17) is 9.47 Å². The van der Waals surface area contributed by atoms with Gasteiger partial charge in [0.1, 0.15) is 22.7 Å². The lowest BCUT2D eigenvalue weighted by atomic mass is 10.1. The zero-order chi connectivity index (χ0) is 24.2. The number of piperidine rings is 1. The molecular formula is C23H29N5O5S. The highest BCUT2D eigenvalue weighted by Gasteiger charge is 2.22. The highest BCUT2D eigenvalue weighted by Crippen LogP contribution is 2.30. The van der Waals surface area contributed by atoms with Crippen LogP contribution in [0.3, 0.4) is 0 Å². The van der Waals surface area contributed by atoms with Crippen molar-refractivity contribution in [2.75, 3.05) is 37.5 Å². The zero-order valence-electron chi connectivity index (χ0n) is 19.6. The maximum absolute atomic E-state index is 13.2. The fourth-order valence-electron chi connectivity index (χ4n) is 4.09. The molecule has 1 N–H and O–H groups in total. The number of aromatic nitrogens is 3. The van der Waals surface area contributed by atoms with Gasteiger partial charge in [0.15, 0.2) is 10.8 Å². The van der Waals surface area contributed by atoms with E-state index in [1.807, 2.05) is 6.92 Å². The van der Waals surface area contributed by atoms with Crippen LogP contribution in [0.25, 0.3) is 10.3 Å². The maximum Gasteiger partial charge on any atom is 0.333 e. The molecule has 1 amide bonds. The van der Waals surface area contributed by atoms with E-state index < -0.39 is 11.6 Å². The second-order valence-corrected chi connectivity index (χ2v) is 9.11. The van der Waals surface area contributed by atoms with Gasteiger partial charge in [-0.2, -0.15) is 0 Å². The lowest BCUT2D eigenvalue weighted by molar-refractivity contribution is -0.116. The summed E-state index contributed by atoms with van der Waals surface area (Å²) in [6, 6.07) is 5.03. The summed E-state index contributed by atoms with van der Waals surface area (Å²) in [5, 5.41) is 3.50. The molecule has 0 atom stereocenters. The Hall–Kier alpha value is -3.34. The fraction of sp³-hybridized carbons (Fsp3) is 0.478. The van der Waals surface area contributed by atoms with E-state index in [-0.39, 0.29) is 24.3 Å². The number of ether oxygens (including phenoxy) is 2. The van der Waals surface area contributed by atoms with Gasteiger partial charge in [0, 0.05) is 25.7 Å². The van der Waals surface area contributed by atoms with Gasteiger partial charge in [-0.3, -0.25) is 18.7 Å². The van der Waals surface area contributed by atoms with Crippen LogP contribution < -0.4 is 30.9 Å². The maximum atomic E-state index is 13.2. The van der Waals surface area contributed by atoms with Crippen molar-refractivity contribution in [3.63, 3.8) is 0 Å². The standard InChI is InChI=1S/C23H29N5O5S/c1-4-10-27-21(30)19-20(25-22(34-19)26-11-6-5-7-12-26)28(23(27)31)14-18(29)24-16-9-8-15(32-2)13-17(16)33-3/h8-9,13H,4-7,10-12,14H2,1-3H3,(H,24,29). The predicted octanol–water partition coefficient (Wildman–Crippen LogP) is 2.68. The van der Waals surface area contributed by atoms with Crippen LogP contribution in [0.5, 0.6) is 11.5 Å². The first-order valence-electron chi connectivity index (χ1n) is 11.4. The number of amides is 1. The Morgan fingerprint density at radius 1 is 1.12 bits per heavy atom. The van der Waals surface area contributed by atoms with Gasteiger partial charge in [-0.15, -0.1) is 0 Å². The number of carbonyl (C=O) groups is 1. The Kier molecular flexibility index (Phi) is 7.20. The molecule has 3 heterocycles. The minimum atomic E-state index is -0.535. The molecule has 182 valence electrons. The molecule has 34 heavy (non-hydrogen) atoms. The minimum absolute atomic E-state index is 0.254. The average molecular weight is 488 g/mol. The van der Waals surface area contributed by atoms with Crippen molar-refractivity contribution in [1.82, 2.24) is 14.1 Å². The van der Waals surface area contributed by atoms with Crippen LogP contribution in [0.1, 0.15) is 32.6 Å². The molecule has 11 heteroatoms. The zero-order valence-corrected chi connectivity index (χ0v) is 20.4. The van der Waals surface area contributed by atoms with Crippen molar-refractivity contribution in [3.05, 3.63) is 39.0 Å². The van der Waals surface area contributed by atoms with Crippen LogP contribution in [0.4, 0.5) is 10.8 Å². The summed E-state index contributed by atoms with van der Waals surface area (Å²) in [5.74, 6) is 0.593. The van der Waals surface area contributed by atoms with Gasteiger partial charge in [-0.05, 0) is 37.8 Å². The molecule has 0 aliphatic carbocycles. The number of fused-ring (bicyclic) bond motifs is 1. The number of hydrogen-bond acceptors (Lipinski definition) is 8. The number of benzene rings is 1. The summed E-state index contributed by atoms with van der Waals surface area (Å²) in [4.78, 5) is 46.1. The molecule has 1 saturated heterocycles. The third-order valence-corrected chi connectivity index (χ3v) is 6.91. The summed E-state index contributed by atoms with van der Waals surface area (Å²) >= 11 is 1.29. The van der Waals surface area contributed by atoms with Crippen LogP contribution >= 0.6 is 11.3 Å². The summed E-state index contributed by atoms with van der Waals surface area (Å²) in [6.45, 7) is 3.63. The average Bonchev–Trinajstić information content (AvgIpc) is 3.31. The lowest BCUT2D eigenvalue weighted by Gasteiger charge is -2.25. The number of methoxy groups -OCH3 is 2. The number of anilines is 2. The molecule has 10 nitrogen and oxygen atoms in total.